The van der Waals surface area contributed by atoms with Gasteiger partial charge >= 0.3 is 0 Å². The zero-order valence-electron chi connectivity index (χ0n) is 77.0. The quantitative estimate of drug-likeness (QED) is 0.103. The van der Waals surface area contributed by atoms with Gasteiger partial charge in [-0.2, -0.15) is 22.8 Å². The average molecular weight is 1600 g/mol. The van der Waals surface area contributed by atoms with E-state index in [1.54, 1.807) is 23.0 Å². The second kappa shape index (κ2) is 39.9. The molecular formula is C109H151N10+5. The molecule has 0 bridgehead atoms. The maximum absolute atomic E-state index is 2.63. The molecule has 0 unspecified atom stereocenters. The first-order chi connectivity index (χ1) is 57.8. The van der Waals surface area contributed by atoms with Crippen LogP contribution in [0.5, 0.6) is 0 Å². The van der Waals surface area contributed by atoms with Gasteiger partial charge in [-0.05, 0) is 183 Å². The van der Waals surface area contributed by atoms with E-state index in [-0.39, 0.29) is 0 Å². The van der Waals surface area contributed by atoms with E-state index in [4.69, 9.17) is 0 Å². The molecule has 7 aliphatic carbocycles. The molecule has 0 aliphatic heterocycles. The van der Waals surface area contributed by atoms with E-state index < -0.39 is 0 Å². The van der Waals surface area contributed by atoms with Crippen LogP contribution in [0, 0.1) is 83.1 Å². The van der Waals surface area contributed by atoms with E-state index in [0.717, 1.165) is 11.8 Å². The van der Waals surface area contributed by atoms with Crippen LogP contribution < -0.4 is 22.8 Å². The highest BCUT2D eigenvalue weighted by molar-refractivity contribution is 5.61. The zero-order valence-corrected chi connectivity index (χ0v) is 77.0. The van der Waals surface area contributed by atoms with Crippen molar-refractivity contribution in [2.24, 2.45) is 35.2 Å². The standard InChI is InChI=1S/C24H35N2.C24H29N2.C23H33N2.2C19H27N2/c2*1-18-12-10-11-17-22(18)26-19(2)23(20-13-6-4-7-14-20)25(3)24(26)21-15-8-5-9-16-21;1-17-11-7-10-16-21(17)25-18(2)22(19-12-8-9-13-19)24(3)23(25)20-14-5-4-6-15-20;2*1-14-10-8-9-13-18(14)21-16(3)15(2)20(4)19(21)17-11-6-5-7-12-17/h10-12,17,20-21H,4-9,13-16H2,1-3H3;4,6-7,10-14,17,21H,5,8-9,15-16H2,1-3H3;7,10-11,16,19-20H,4-6,8-9,12-15H2,1-3H3;2*8-10,13,17H,5-7,11-12H2,1-4H3/q5*+1. The van der Waals surface area contributed by atoms with Gasteiger partial charge in [0.1, 0.15) is 74.0 Å². The molecule has 0 saturated heterocycles. The van der Waals surface area contributed by atoms with E-state index >= 15 is 0 Å². The van der Waals surface area contributed by atoms with Gasteiger partial charge in [0.15, 0.2) is 11.4 Å². The predicted molar refractivity (Wildman–Crippen MR) is 493 cm³/mol. The van der Waals surface area contributed by atoms with Gasteiger partial charge in [0.2, 0.25) is 0 Å². The molecule has 10 nitrogen and oxygen atoms in total. The highest BCUT2D eigenvalue weighted by atomic mass is 15.2. The van der Waals surface area contributed by atoms with Gasteiger partial charge in [-0.15, -0.1) is 0 Å². The molecule has 0 radical (unpaired) electrons. The third kappa shape index (κ3) is 18.5. The topological polar surface area (TPSA) is 44.0 Å². The normalized spacial score (nSPS) is 17.6. The highest BCUT2D eigenvalue weighted by Gasteiger charge is 2.42. The summed E-state index contributed by atoms with van der Waals surface area (Å²) in [4.78, 5) is 0. The summed E-state index contributed by atoms with van der Waals surface area (Å²) in [6.45, 7) is 27.2. The smallest absolute Gasteiger partial charge is 0.234 e. The minimum Gasteiger partial charge on any atom is -0.234 e. The Morgan fingerprint density at radius 2 is 0.403 bits per heavy atom. The van der Waals surface area contributed by atoms with Crippen molar-refractivity contribution in [1.29, 1.82) is 0 Å². The average Bonchev–Trinajstić information content (AvgIpc) is 1.64. The molecular weight excluding hydrogens is 1450 g/mol. The van der Waals surface area contributed by atoms with E-state index in [2.05, 4.69) is 316 Å². The number of rotatable bonds is 13. The maximum Gasteiger partial charge on any atom is 0.265 e. The molecule has 6 aromatic carbocycles. The van der Waals surface area contributed by atoms with Crippen molar-refractivity contribution in [1.82, 2.24) is 22.8 Å². The lowest BCUT2D eigenvalue weighted by atomic mass is 9.86. The van der Waals surface area contributed by atoms with Crippen LogP contribution in [0.3, 0.4) is 0 Å². The van der Waals surface area contributed by atoms with Crippen LogP contribution in [0.2, 0.25) is 0 Å². The molecule has 632 valence electrons. The number of aryl methyl sites for hydroxylation is 5. The van der Waals surface area contributed by atoms with Crippen molar-refractivity contribution >= 4 is 0 Å². The Morgan fingerprint density at radius 1 is 0.202 bits per heavy atom. The van der Waals surface area contributed by atoms with Gasteiger partial charge < -0.3 is 0 Å². The summed E-state index contributed by atoms with van der Waals surface area (Å²) in [7, 11) is 11.4. The van der Waals surface area contributed by atoms with Crippen molar-refractivity contribution in [3.8, 4) is 39.7 Å². The molecule has 7 saturated carbocycles. The monoisotopic (exact) mass is 1600 g/mol. The molecule has 5 heterocycles. The van der Waals surface area contributed by atoms with Crippen LogP contribution in [-0.2, 0) is 35.2 Å². The van der Waals surface area contributed by atoms with Crippen LogP contribution in [0.1, 0.15) is 368 Å². The Bertz CT molecular complexity index is 5070. The highest BCUT2D eigenvalue weighted by Crippen LogP contribution is 2.44. The lowest BCUT2D eigenvalue weighted by Gasteiger charge is -2.21. The van der Waals surface area contributed by atoms with Crippen LogP contribution >= 0.6 is 0 Å². The summed E-state index contributed by atoms with van der Waals surface area (Å²) >= 11 is 0. The van der Waals surface area contributed by atoms with Crippen LogP contribution in [-0.4, -0.2) is 22.8 Å². The fourth-order valence-corrected chi connectivity index (χ4v) is 23.6. The second-order valence-electron chi connectivity index (χ2n) is 37.8. The Balaban J connectivity index is 0.000000122. The Morgan fingerprint density at radius 3 is 0.664 bits per heavy atom. The van der Waals surface area contributed by atoms with E-state index in [0.29, 0.717) is 29.6 Å². The SMILES string of the molecule is Cc1ccccc1-n1c(C)c(-c2ccccc2)[n+](C)c1C1CCCCC1.Cc1ccccc1-n1c(C)c(C)[n+](C)c1C1CCCCC1.Cc1ccccc1-n1c(C)c(C)[n+](C)c1C1CCCCC1.Cc1ccccc1-n1c(C)c(C2CCCC2)[n+](C)c1C1CCCCC1.Cc1ccccc1-n1c(C)c(C2CCCCC2)[n+](C)c1C1CCCCC1. The summed E-state index contributed by atoms with van der Waals surface area (Å²) in [5, 5.41) is 0. The molecule has 7 fully saturated rings. The molecule has 18 rings (SSSR count). The number of imidazole rings is 5. The lowest BCUT2D eigenvalue weighted by Crippen LogP contribution is -2.39. The number of aromatic nitrogens is 10. The Hall–Kier alpha value is -8.63. The third-order valence-corrected chi connectivity index (χ3v) is 30.2. The minimum absolute atomic E-state index is 0.643. The summed E-state index contributed by atoms with van der Waals surface area (Å²) in [5.41, 5.74) is 29.4. The zero-order chi connectivity index (χ0) is 83.5. The summed E-state index contributed by atoms with van der Waals surface area (Å²) in [6.07, 6.45) is 46.7. The molecule has 7 aliphatic rings. The van der Waals surface area contributed by atoms with Gasteiger partial charge in [0.05, 0.1) is 64.8 Å². The van der Waals surface area contributed by atoms with Crippen molar-refractivity contribution in [3.05, 3.63) is 260 Å². The van der Waals surface area contributed by atoms with Gasteiger partial charge in [-0.1, -0.05) is 250 Å². The number of nitrogens with zero attached hydrogens (tertiary/aromatic N) is 10. The number of benzene rings is 6. The van der Waals surface area contributed by atoms with Crippen LogP contribution in [0.25, 0.3) is 39.7 Å². The molecule has 0 N–H and O–H groups in total. The molecule has 0 atom stereocenters. The largest absolute Gasteiger partial charge is 0.265 e. The molecule has 5 aromatic heterocycles. The van der Waals surface area contributed by atoms with Crippen LogP contribution in [0.4, 0.5) is 0 Å². The molecule has 10 heteroatoms. The fraction of sp³-hybridized carbons (Fsp3) is 0.532. The van der Waals surface area contributed by atoms with Gasteiger partial charge in [0.25, 0.3) is 29.1 Å². The summed E-state index contributed by atoms with van der Waals surface area (Å²) < 4.78 is 25.4. The van der Waals surface area contributed by atoms with Gasteiger partial charge in [0, 0.05) is 65.9 Å². The molecule has 11 aromatic rings. The van der Waals surface area contributed by atoms with Crippen LogP contribution in [0.15, 0.2) is 152 Å². The summed E-state index contributed by atoms with van der Waals surface area (Å²) in [5.74, 6) is 12.6. The Kier molecular flexibility index (Phi) is 29.1. The summed E-state index contributed by atoms with van der Waals surface area (Å²) in [6, 6.07) is 55.0. The van der Waals surface area contributed by atoms with Crippen molar-refractivity contribution < 1.29 is 22.8 Å². The second-order valence-corrected chi connectivity index (χ2v) is 37.8. The number of hydrogen-bond donors (Lipinski definition) is 0. The first-order valence-electron chi connectivity index (χ1n) is 47.6. The molecule has 0 amide bonds. The molecule has 0 spiro atoms. The lowest BCUT2D eigenvalue weighted by molar-refractivity contribution is -0.689. The van der Waals surface area contributed by atoms with E-state index in [1.165, 1.54) is 343 Å². The number of para-hydroxylation sites is 5. The Labute approximate surface area is 718 Å². The number of hydrogen-bond acceptors (Lipinski definition) is 0. The van der Waals surface area contributed by atoms with Gasteiger partial charge in [-0.25, -0.2) is 22.8 Å². The van der Waals surface area contributed by atoms with Crippen molar-refractivity contribution in [3.63, 3.8) is 0 Å². The first kappa shape index (κ1) is 86.7. The van der Waals surface area contributed by atoms with Gasteiger partial charge in [-0.3, -0.25) is 0 Å². The maximum atomic E-state index is 2.63. The first-order valence-corrected chi connectivity index (χ1v) is 47.6. The van der Waals surface area contributed by atoms with Crippen molar-refractivity contribution in [2.45, 2.75) is 343 Å². The minimum atomic E-state index is 0.643. The van der Waals surface area contributed by atoms with E-state index in [1.807, 2.05) is 0 Å². The fourth-order valence-electron chi connectivity index (χ4n) is 23.6. The predicted octanol–water partition coefficient (Wildman–Crippen LogP) is 25.8. The molecule has 119 heavy (non-hydrogen) atoms. The van der Waals surface area contributed by atoms with E-state index in [9.17, 15) is 0 Å². The van der Waals surface area contributed by atoms with Crippen molar-refractivity contribution in [2.75, 3.05) is 0 Å². The third-order valence-electron chi connectivity index (χ3n) is 30.2.